The molecule has 22 rings (SSSR count). The summed E-state index contributed by atoms with van der Waals surface area (Å²) in [7, 11) is 0. The number of carbonyl (C=O) groups is 2. The summed E-state index contributed by atoms with van der Waals surface area (Å²) in [5.41, 5.74) is 0. The summed E-state index contributed by atoms with van der Waals surface area (Å²) in [6.45, 7) is -7.41. The summed E-state index contributed by atoms with van der Waals surface area (Å²) in [6.07, 6.45) is -77.5. The van der Waals surface area contributed by atoms with Crippen molar-refractivity contribution in [2.45, 2.75) is 284 Å². The highest BCUT2D eigenvalue weighted by atomic mass is 32.2. The number of amides is 2. The van der Waals surface area contributed by atoms with Gasteiger partial charge in [-0.2, -0.15) is 11.8 Å². The molecule has 0 aliphatic carbocycles. The topological polar surface area (TPSA) is 691 Å². The van der Waals surface area contributed by atoms with Crippen molar-refractivity contribution in [3.63, 3.8) is 0 Å². The van der Waals surface area contributed by atoms with E-state index >= 15 is 0 Å². The van der Waals surface area contributed by atoms with Crippen LogP contribution in [0.2, 0.25) is 0 Å². The second kappa shape index (κ2) is 39.9. The van der Waals surface area contributed by atoms with Crippen LogP contribution in [0.25, 0.3) is 0 Å². The number of rotatable bonds is 23. The Hall–Kier alpha value is -2.31. The number of thioether (sulfide) groups is 1. The lowest BCUT2D eigenvalue weighted by Gasteiger charge is -2.50. The molecule has 0 aromatic carbocycles. The molecular formula is C60H102N2O42S. The SMILES string of the molecule is O=C(CCSCCCO[C@H]1O[C@H](CO)[C@H](O)[C@H](O)[C@H]1O)NCCCCCC(=O)NC[C@H]1O[C@@H]2O[C@H]3[C@H](O)[C@@H](O)[C@@H](O[C@H]4[C@H](O)[C@@H](O)[C@@H](O[C@H]5[C@H](O)[C@@H](O)[C@@H](O[C@H]6[C@H](O)[C@@H](O)[C@@H](O[C@H]7[C@H](O)[C@@H](O)[C@@H](O[C@H]8[C@H](O)[C@@H](O)[C@@H](O[C@H]1[C@H](O)[C@H]2O)O[C@@H]8CO)O[C@@H]7CO)O[C@@H]6CO)O[C@@H]5CO)O[C@@H]4CO)O[C@@H]3CO. The molecule has 45 heteroatoms. The molecule has 2 amide bonds. The van der Waals surface area contributed by atoms with E-state index in [9.17, 15) is 132 Å². The first-order valence-corrected chi connectivity index (χ1v) is 35.7. The maximum absolute atomic E-state index is 13.5. The first-order valence-electron chi connectivity index (χ1n) is 34.5. The van der Waals surface area contributed by atoms with Gasteiger partial charge in [0.25, 0.3) is 0 Å². The molecule has 22 heterocycles. The first kappa shape index (κ1) is 86.7. The van der Waals surface area contributed by atoms with Gasteiger partial charge in [0.05, 0.1) is 52.9 Å². The van der Waals surface area contributed by atoms with E-state index in [1.807, 2.05) is 0 Å². The van der Waals surface area contributed by atoms with E-state index in [-0.39, 0.29) is 38.3 Å². The van der Waals surface area contributed by atoms with Crippen molar-refractivity contribution in [2.24, 2.45) is 0 Å². The van der Waals surface area contributed by atoms with Crippen LogP contribution >= 0.6 is 11.8 Å². The summed E-state index contributed by atoms with van der Waals surface area (Å²) in [6, 6.07) is 0. The Morgan fingerprint density at radius 2 is 0.571 bits per heavy atom. The minimum absolute atomic E-state index is 0.111. The summed E-state index contributed by atoms with van der Waals surface area (Å²) in [5.74, 6) is 0.126. The molecule has 22 fully saturated rings. The van der Waals surface area contributed by atoms with E-state index in [4.69, 9.17) is 75.8 Å². The van der Waals surface area contributed by atoms with Crippen molar-refractivity contribution in [2.75, 3.05) is 77.5 Å². The molecule has 0 saturated carbocycles. The Morgan fingerprint density at radius 1 is 0.276 bits per heavy atom. The largest absolute Gasteiger partial charge is 0.394 e. The summed E-state index contributed by atoms with van der Waals surface area (Å²) >= 11 is 1.45. The second-order valence-electron chi connectivity index (χ2n) is 26.7. The fourth-order valence-corrected chi connectivity index (χ4v) is 14.3. The highest BCUT2D eigenvalue weighted by Gasteiger charge is 2.60. The van der Waals surface area contributed by atoms with Crippen LogP contribution in [0.5, 0.6) is 0 Å². The third-order valence-corrected chi connectivity index (χ3v) is 20.6. The maximum atomic E-state index is 13.5. The monoisotopic (exact) mass is 1550 g/mol. The van der Waals surface area contributed by atoms with Crippen molar-refractivity contribution in [1.29, 1.82) is 0 Å². The van der Waals surface area contributed by atoms with Gasteiger partial charge in [0.2, 0.25) is 11.8 Å². The van der Waals surface area contributed by atoms with Crippen molar-refractivity contribution >= 4 is 23.6 Å². The molecule has 105 heavy (non-hydrogen) atoms. The zero-order chi connectivity index (χ0) is 76.4. The summed E-state index contributed by atoms with van der Waals surface area (Å²) < 4.78 is 92.1. The number of hydrogen-bond acceptors (Lipinski definition) is 43. The molecule has 0 unspecified atom stereocenters. The molecule has 22 saturated heterocycles. The van der Waals surface area contributed by atoms with Crippen LogP contribution in [0.3, 0.4) is 0 Å². The zero-order valence-electron chi connectivity index (χ0n) is 56.3. The van der Waals surface area contributed by atoms with Gasteiger partial charge in [-0.25, -0.2) is 0 Å². The minimum Gasteiger partial charge on any atom is -0.394 e. The molecule has 0 aromatic rings. The predicted molar refractivity (Wildman–Crippen MR) is 332 cm³/mol. The van der Waals surface area contributed by atoms with Gasteiger partial charge in [0, 0.05) is 31.7 Å². The third kappa shape index (κ3) is 20.2. The van der Waals surface area contributed by atoms with Crippen molar-refractivity contribution in [3.05, 3.63) is 0 Å². The number of hydrogen-bond donors (Lipinski definition) is 26. The molecular weight excluding hydrogens is 1450 g/mol. The first-order chi connectivity index (χ1) is 50.1. The number of carbonyl (C=O) groups excluding carboxylic acids is 2. The van der Waals surface area contributed by atoms with Crippen LogP contribution in [0.4, 0.5) is 0 Å². The number of aliphatic hydroxyl groups is 24. The number of nitrogens with one attached hydrogen (secondary N) is 2. The molecule has 0 spiro atoms. The lowest BCUT2D eigenvalue weighted by atomic mass is 9.95. The predicted octanol–water partition coefficient (Wildman–Crippen LogP) is -16.1. The van der Waals surface area contributed by atoms with Gasteiger partial charge in [-0.15, -0.1) is 0 Å². The van der Waals surface area contributed by atoms with Crippen LogP contribution in [-0.2, 0) is 85.4 Å². The zero-order valence-corrected chi connectivity index (χ0v) is 57.1. The van der Waals surface area contributed by atoms with E-state index in [0.717, 1.165) is 0 Å². The number of unbranched alkanes of at least 4 members (excludes halogenated alkanes) is 2. The van der Waals surface area contributed by atoms with Crippen LogP contribution < -0.4 is 10.6 Å². The molecule has 610 valence electrons. The maximum Gasteiger partial charge on any atom is 0.220 e. The van der Waals surface area contributed by atoms with Crippen LogP contribution in [0, 0.1) is 0 Å². The van der Waals surface area contributed by atoms with Crippen LogP contribution in [0.15, 0.2) is 0 Å². The van der Waals surface area contributed by atoms with Gasteiger partial charge in [-0.1, -0.05) is 6.42 Å². The van der Waals surface area contributed by atoms with Gasteiger partial charge in [0.15, 0.2) is 50.3 Å². The second-order valence-corrected chi connectivity index (χ2v) is 27.9. The summed E-state index contributed by atoms with van der Waals surface area (Å²) in [4.78, 5) is 26.0. The average Bonchev–Trinajstić information content (AvgIpc) is 0.794. The van der Waals surface area contributed by atoms with Gasteiger partial charge in [0.1, 0.15) is 195 Å². The van der Waals surface area contributed by atoms with Crippen LogP contribution in [-0.4, -0.2) is 457 Å². The molecule has 22 aliphatic heterocycles. The third-order valence-electron chi connectivity index (χ3n) is 19.5. The molecule has 0 aromatic heterocycles. The molecule has 44 nitrogen and oxygen atoms in total. The van der Waals surface area contributed by atoms with E-state index in [1.165, 1.54) is 11.8 Å². The number of aliphatic hydroxyl groups excluding tert-OH is 24. The van der Waals surface area contributed by atoms with Gasteiger partial charge in [-0.3, -0.25) is 9.59 Å². The van der Waals surface area contributed by atoms with E-state index in [1.54, 1.807) is 0 Å². The van der Waals surface area contributed by atoms with Crippen LogP contribution in [0.1, 0.15) is 38.5 Å². The average molecular weight is 1560 g/mol. The fraction of sp³-hybridized carbons (Fsp3) is 0.967. The van der Waals surface area contributed by atoms with Crippen molar-refractivity contribution in [1.82, 2.24) is 10.6 Å². The molecule has 22 aliphatic rings. The van der Waals surface area contributed by atoms with Crippen molar-refractivity contribution in [3.8, 4) is 0 Å². The quantitative estimate of drug-likeness (QED) is 0.0422. The molecule has 40 atom stereocenters. The Balaban J connectivity index is 0.880. The van der Waals surface area contributed by atoms with E-state index in [2.05, 4.69) is 10.6 Å². The standard InChI is InChI=1S/C60H102N2O42S/c63-12-20-29(72)30(73)38(81)53(91-20)89-8-4-9-105-10-6-28(71)61-7-3-1-2-5-27(70)62-11-19-46-31(74)39(82)54(90-19)99-47-21(13-64)93-56(41(84)33(47)76)101-49-23(15-66)95-58(43(86)35(49)78)103-51-25(17-68)97-60(45(88)37(51)80)104-52-26(18-69)96-59(44(87)36(52)79)102-50-24(16-67)94-57(42(85)34(50)77)100-48-22(14-65)92-55(98-46)40(83)32(48)75/h19-26,29-60,63-69,72-88H,1-18H2,(H,61,71)(H,62,70)/t19-,20-,21-,22-,23-,24-,25-,26-,29+,30+,31-,32-,33-,34-,35-,36-,37-,38-,39-,40-,41-,42-,43-,44-,45-,46-,47-,48-,49-,50-,51-,52-,53+,54-,55-,56-,57-,58-,59-,60-/m1/s1. The van der Waals surface area contributed by atoms with Crippen molar-refractivity contribution < 1.29 is 208 Å². The smallest absolute Gasteiger partial charge is 0.220 e. The normalized spacial score (nSPS) is 48.1. The lowest BCUT2D eigenvalue weighted by Crippen LogP contribution is -2.68. The Kier molecular flexibility index (Phi) is 33.0. The molecule has 0 radical (unpaired) electrons. The molecule has 14 bridgehead atoms. The number of ether oxygens (including phenoxy) is 16. The lowest BCUT2D eigenvalue weighted by molar-refractivity contribution is -0.396. The minimum atomic E-state index is -2.29. The Labute approximate surface area is 602 Å². The van der Waals surface area contributed by atoms with Gasteiger partial charge < -0.3 is 209 Å². The highest BCUT2D eigenvalue weighted by Crippen LogP contribution is 2.39. The highest BCUT2D eigenvalue weighted by molar-refractivity contribution is 7.99. The fourth-order valence-electron chi connectivity index (χ4n) is 13.5. The van der Waals surface area contributed by atoms with E-state index < -0.39 is 304 Å². The van der Waals surface area contributed by atoms with Gasteiger partial charge >= 0.3 is 0 Å². The molecule has 26 N–H and O–H groups in total. The Bertz CT molecular complexity index is 2600. The Morgan fingerprint density at radius 3 is 0.886 bits per heavy atom. The van der Waals surface area contributed by atoms with E-state index in [0.29, 0.717) is 30.8 Å². The van der Waals surface area contributed by atoms with Gasteiger partial charge in [-0.05, 0) is 25.0 Å². The summed E-state index contributed by atoms with van der Waals surface area (Å²) in [5, 5.41) is 270.